The molecular formula is C25H36N10O7. The molecule has 0 fully saturated rings. The van der Waals surface area contributed by atoms with Gasteiger partial charge < -0.3 is 54.7 Å². The standard InChI is InChI=1S/C25H36N10O7/c26-14(5-3-7-31-25(29)30)21(38)33-17(9-19(27)36)23(40)34-16(22(39)35-18(24(41)42)10-20(28)37)8-12-11-32-15-6-2-1-4-13(12)15/h1-2,4,6,11,14,16-18,32H,3,5,7-10,26H2,(H2,27,36)(H2,28,37)(H,33,38)(H,34,40)(H,35,39)(H,41,42)(H4,29,30,31). The fraction of sp³-hybridized carbons (Fsp3) is 0.400. The summed E-state index contributed by atoms with van der Waals surface area (Å²) in [4.78, 5) is 80.6. The van der Waals surface area contributed by atoms with Gasteiger partial charge in [0.1, 0.15) is 18.1 Å². The number of hydrogen-bond acceptors (Lipinski definition) is 8. The predicted molar refractivity (Wildman–Crippen MR) is 151 cm³/mol. The van der Waals surface area contributed by atoms with Gasteiger partial charge in [0.05, 0.1) is 18.9 Å². The van der Waals surface area contributed by atoms with E-state index in [2.05, 4.69) is 25.9 Å². The predicted octanol–water partition coefficient (Wildman–Crippen LogP) is -3.62. The van der Waals surface area contributed by atoms with E-state index >= 15 is 0 Å². The number of aromatic amines is 1. The Hall–Kier alpha value is -5.19. The second-order valence-electron chi connectivity index (χ2n) is 9.48. The van der Waals surface area contributed by atoms with Crippen LogP contribution in [0.1, 0.15) is 31.2 Å². The number of amides is 5. The van der Waals surface area contributed by atoms with E-state index in [1.807, 2.05) is 0 Å². The van der Waals surface area contributed by atoms with Gasteiger partial charge in [0.25, 0.3) is 0 Å². The maximum atomic E-state index is 13.3. The highest BCUT2D eigenvalue weighted by Crippen LogP contribution is 2.19. The number of primary amides is 2. The van der Waals surface area contributed by atoms with Gasteiger partial charge in [-0.2, -0.15) is 0 Å². The molecule has 1 aromatic heterocycles. The van der Waals surface area contributed by atoms with Gasteiger partial charge in [-0.25, -0.2) is 4.79 Å². The largest absolute Gasteiger partial charge is 0.480 e. The van der Waals surface area contributed by atoms with Crippen molar-refractivity contribution in [2.45, 2.75) is 56.3 Å². The number of benzene rings is 1. The maximum Gasteiger partial charge on any atom is 0.326 e. The molecule has 1 aromatic carbocycles. The number of para-hydroxylation sites is 1. The Morgan fingerprint density at radius 2 is 1.40 bits per heavy atom. The number of aromatic nitrogens is 1. The smallest absolute Gasteiger partial charge is 0.326 e. The zero-order chi connectivity index (χ0) is 31.4. The van der Waals surface area contributed by atoms with Crippen molar-refractivity contribution in [1.29, 1.82) is 0 Å². The third kappa shape index (κ3) is 10.4. The highest BCUT2D eigenvalue weighted by molar-refractivity contribution is 5.97. The van der Waals surface area contributed by atoms with Gasteiger partial charge in [0.2, 0.25) is 29.5 Å². The summed E-state index contributed by atoms with van der Waals surface area (Å²) in [6, 6.07) is 1.44. The lowest BCUT2D eigenvalue weighted by Crippen LogP contribution is -2.58. The lowest BCUT2D eigenvalue weighted by molar-refractivity contribution is -0.143. The van der Waals surface area contributed by atoms with Crippen LogP contribution in [0.3, 0.4) is 0 Å². The Morgan fingerprint density at radius 3 is 2.02 bits per heavy atom. The van der Waals surface area contributed by atoms with Gasteiger partial charge in [0.15, 0.2) is 5.96 Å². The molecular weight excluding hydrogens is 552 g/mol. The molecule has 4 unspecified atom stereocenters. The summed E-state index contributed by atoms with van der Waals surface area (Å²) in [5.41, 5.74) is 28.1. The maximum absolute atomic E-state index is 13.3. The minimum Gasteiger partial charge on any atom is -0.480 e. The third-order valence-corrected chi connectivity index (χ3v) is 6.09. The molecule has 0 aliphatic heterocycles. The average molecular weight is 589 g/mol. The van der Waals surface area contributed by atoms with Crippen LogP contribution in [0.2, 0.25) is 0 Å². The Bertz CT molecular complexity index is 1340. The Morgan fingerprint density at radius 1 is 0.833 bits per heavy atom. The molecule has 17 heteroatoms. The fourth-order valence-electron chi connectivity index (χ4n) is 4.02. The fourth-order valence-corrected chi connectivity index (χ4v) is 4.02. The number of guanidine groups is 1. The molecule has 4 atom stereocenters. The Balaban J connectivity index is 2.27. The van der Waals surface area contributed by atoms with Crippen LogP contribution in [-0.4, -0.2) is 82.3 Å². The van der Waals surface area contributed by atoms with Crippen LogP contribution in [0, 0.1) is 0 Å². The van der Waals surface area contributed by atoms with E-state index in [0.717, 1.165) is 10.9 Å². The van der Waals surface area contributed by atoms with Gasteiger partial charge in [-0.15, -0.1) is 0 Å². The summed E-state index contributed by atoms with van der Waals surface area (Å²) in [7, 11) is 0. The van der Waals surface area contributed by atoms with Crippen molar-refractivity contribution < 1.29 is 33.9 Å². The van der Waals surface area contributed by atoms with Crippen LogP contribution >= 0.6 is 0 Å². The molecule has 0 saturated heterocycles. The number of nitrogens with one attached hydrogen (secondary N) is 4. The van der Waals surface area contributed by atoms with Gasteiger partial charge in [-0.1, -0.05) is 18.2 Å². The third-order valence-electron chi connectivity index (χ3n) is 6.09. The number of nitrogens with zero attached hydrogens (tertiary/aromatic N) is 1. The topological polar surface area (TPSA) is 317 Å². The van der Waals surface area contributed by atoms with Crippen LogP contribution in [-0.2, 0) is 35.2 Å². The minimum atomic E-state index is -1.67. The number of aliphatic carboxylic acids is 1. The Kier molecular flexibility index (Phi) is 12.2. The van der Waals surface area contributed by atoms with E-state index in [-0.39, 0.29) is 25.3 Å². The normalized spacial score (nSPS) is 13.6. The lowest BCUT2D eigenvalue weighted by atomic mass is 10.0. The number of hydrogen-bond donors (Lipinski definition) is 10. The van der Waals surface area contributed by atoms with Crippen molar-refractivity contribution in [2.24, 2.45) is 33.7 Å². The van der Waals surface area contributed by atoms with Crippen molar-refractivity contribution >= 4 is 52.4 Å². The molecule has 0 saturated carbocycles. The van der Waals surface area contributed by atoms with Crippen molar-refractivity contribution in [3.05, 3.63) is 36.0 Å². The zero-order valence-electron chi connectivity index (χ0n) is 22.7. The number of fused-ring (bicyclic) bond motifs is 1. The summed E-state index contributed by atoms with van der Waals surface area (Å²) in [5, 5.41) is 17.2. The zero-order valence-corrected chi connectivity index (χ0v) is 22.7. The molecule has 42 heavy (non-hydrogen) atoms. The molecule has 0 aliphatic rings. The quantitative estimate of drug-likeness (QED) is 0.0491. The van der Waals surface area contributed by atoms with Crippen LogP contribution < -0.4 is 44.6 Å². The molecule has 0 radical (unpaired) electrons. The Labute approximate surface area is 240 Å². The second kappa shape index (κ2) is 15.6. The summed E-state index contributed by atoms with van der Waals surface area (Å²) < 4.78 is 0. The summed E-state index contributed by atoms with van der Waals surface area (Å²) in [5.74, 6) is -6.24. The SMILES string of the molecule is NC(=O)CC(NC(=O)C(Cc1c[nH]c2ccccc12)NC(=O)C(CC(N)=O)NC(=O)C(N)CCCN=C(N)N)C(=O)O. The number of carbonyl (C=O) groups excluding carboxylic acids is 5. The first-order valence-corrected chi connectivity index (χ1v) is 12.8. The van der Waals surface area contributed by atoms with E-state index in [9.17, 15) is 33.9 Å². The van der Waals surface area contributed by atoms with Gasteiger partial charge >= 0.3 is 5.97 Å². The first-order chi connectivity index (χ1) is 19.8. The van der Waals surface area contributed by atoms with Gasteiger partial charge in [0, 0.05) is 30.1 Å². The van der Waals surface area contributed by atoms with E-state index < -0.39 is 72.5 Å². The number of carboxylic acid groups (broad SMARTS) is 1. The monoisotopic (exact) mass is 588 g/mol. The van der Waals surface area contributed by atoms with E-state index in [4.69, 9.17) is 28.7 Å². The van der Waals surface area contributed by atoms with Gasteiger partial charge in [-0.05, 0) is 24.5 Å². The van der Waals surface area contributed by atoms with E-state index in [1.54, 1.807) is 30.5 Å². The van der Waals surface area contributed by atoms with Crippen molar-refractivity contribution in [3.8, 4) is 0 Å². The van der Waals surface area contributed by atoms with Crippen molar-refractivity contribution in [3.63, 3.8) is 0 Å². The molecule has 0 bridgehead atoms. The number of carbonyl (C=O) groups is 6. The highest BCUT2D eigenvalue weighted by atomic mass is 16.4. The molecule has 1 heterocycles. The number of H-pyrrole nitrogens is 1. The molecule has 15 N–H and O–H groups in total. The minimum absolute atomic E-state index is 0.123. The molecule has 228 valence electrons. The summed E-state index contributed by atoms with van der Waals surface area (Å²) in [6.45, 7) is 0.215. The second-order valence-corrected chi connectivity index (χ2v) is 9.48. The number of nitrogens with two attached hydrogens (primary N) is 5. The van der Waals surface area contributed by atoms with Crippen LogP contribution in [0.15, 0.2) is 35.5 Å². The van der Waals surface area contributed by atoms with Crippen molar-refractivity contribution in [1.82, 2.24) is 20.9 Å². The highest BCUT2D eigenvalue weighted by Gasteiger charge is 2.32. The molecule has 5 amide bonds. The first kappa shape index (κ1) is 33.0. The van der Waals surface area contributed by atoms with E-state index in [1.165, 1.54) is 0 Å². The van der Waals surface area contributed by atoms with Crippen LogP contribution in [0.4, 0.5) is 0 Å². The molecule has 0 aliphatic carbocycles. The van der Waals surface area contributed by atoms with Crippen LogP contribution in [0.5, 0.6) is 0 Å². The number of carboxylic acids is 1. The lowest BCUT2D eigenvalue weighted by Gasteiger charge is -2.24. The average Bonchev–Trinajstić information content (AvgIpc) is 3.31. The molecule has 2 aromatic rings. The van der Waals surface area contributed by atoms with Crippen LogP contribution in [0.25, 0.3) is 10.9 Å². The first-order valence-electron chi connectivity index (χ1n) is 12.8. The molecule has 0 spiro atoms. The summed E-state index contributed by atoms with van der Waals surface area (Å²) >= 11 is 0. The summed E-state index contributed by atoms with van der Waals surface area (Å²) in [6.07, 6.45) is 0.651. The van der Waals surface area contributed by atoms with Gasteiger partial charge in [-0.3, -0.25) is 29.0 Å². The van der Waals surface area contributed by atoms with Crippen molar-refractivity contribution in [2.75, 3.05) is 6.54 Å². The van der Waals surface area contributed by atoms with E-state index in [0.29, 0.717) is 12.0 Å². The molecule has 2 rings (SSSR count). The molecule has 17 nitrogen and oxygen atoms in total. The number of rotatable bonds is 17. The number of aliphatic imine (C=N–C) groups is 1.